The van der Waals surface area contributed by atoms with Crippen molar-refractivity contribution in [2.45, 2.75) is 39.1 Å². The van der Waals surface area contributed by atoms with E-state index in [2.05, 4.69) is 77.8 Å². The number of aliphatic hydroxyl groups excluding tert-OH is 3. The summed E-state index contributed by atoms with van der Waals surface area (Å²) < 4.78 is 0. The summed E-state index contributed by atoms with van der Waals surface area (Å²) in [4.78, 5) is 4.24. The number of hydrogen-bond acceptors (Lipinski definition) is 6. The Morgan fingerprint density at radius 2 is 0.712 bits per heavy atom. The highest BCUT2D eigenvalue weighted by molar-refractivity contribution is 6.25. The maximum Gasteiger partial charge on any atom is 0.123 e. The first-order chi connectivity index (χ1) is 28.6. The standard InChI is InChI=1S/2C16H10O.C11H11NO.C10H14O2/c2*17-14-9-7-12-5-4-10-2-1-3-11-6-8-13(14)16(12)15(10)11;1-8(13)10-6-9-4-2-3-5-11(9)12-7-10;1-7(11)9-3-5-10(6-4-9)8(2)12/h2*1-9,17H;2-8,13H,1H3;3-8,11-12H,1-2H3. The number of nitrogens with zero attached hydrogens (tertiary/aromatic N) is 1. The van der Waals surface area contributed by atoms with Crippen LogP contribution in [0.25, 0.3) is 75.5 Å². The number of phenolic OH excluding ortho intramolecular Hbond substituents is 2. The van der Waals surface area contributed by atoms with Crippen molar-refractivity contribution in [3.63, 3.8) is 0 Å². The van der Waals surface area contributed by atoms with Crippen molar-refractivity contribution in [1.29, 1.82) is 0 Å². The summed E-state index contributed by atoms with van der Waals surface area (Å²) in [5.74, 6) is 0.714. The van der Waals surface area contributed by atoms with Gasteiger partial charge in [0.05, 0.1) is 23.8 Å². The van der Waals surface area contributed by atoms with Crippen molar-refractivity contribution in [3.05, 3.63) is 187 Å². The Labute approximate surface area is 342 Å². The van der Waals surface area contributed by atoms with Gasteiger partial charge in [0.1, 0.15) is 11.5 Å². The molecule has 0 fully saturated rings. The van der Waals surface area contributed by atoms with Gasteiger partial charge in [-0.1, -0.05) is 140 Å². The molecule has 0 radical (unpaired) electrons. The molecule has 10 aromatic carbocycles. The first-order valence-electron chi connectivity index (χ1n) is 19.8. The molecule has 59 heavy (non-hydrogen) atoms. The van der Waals surface area contributed by atoms with Crippen molar-refractivity contribution >= 4 is 75.5 Å². The maximum atomic E-state index is 9.95. The highest BCUT2D eigenvalue weighted by Gasteiger charge is 2.11. The Balaban J connectivity index is 0.000000111. The summed E-state index contributed by atoms with van der Waals surface area (Å²) in [5, 5.41) is 62.7. The number of pyridine rings is 1. The van der Waals surface area contributed by atoms with Gasteiger partial charge < -0.3 is 25.5 Å². The minimum atomic E-state index is -0.447. The van der Waals surface area contributed by atoms with Crippen molar-refractivity contribution in [2.24, 2.45) is 0 Å². The molecule has 0 aliphatic carbocycles. The average Bonchev–Trinajstić information content (AvgIpc) is 3.26. The van der Waals surface area contributed by atoms with E-state index in [9.17, 15) is 25.5 Å². The van der Waals surface area contributed by atoms with Gasteiger partial charge in [0.15, 0.2) is 0 Å². The lowest BCUT2D eigenvalue weighted by Gasteiger charge is -2.11. The van der Waals surface area contributed by atoms with Crippen LogP contribution in [0, 0.1) is 0 Å². The molecular formula is C53H45NO5. The molecule has 0 saturated carbocycles. The summed E-state index contributed by atoms with van der Waals surface area (Å²) in [6, 6.07) is 53.9. The fraction of sp³-hybridized carbons (Fsp3) is 0.113. The molecule has 0 amide bonds. The predicted octanol–water partition coefficient (Wildman–Crippen LogP) is 12.7. The quantitative estimate of drug-likeness (QED) is 0.114. The zero-order chi connectivity index (χ0) is 41.2. The SMILES string of the molecule is CC(O)c1ccc(C(C)O)cc1.CC(O)c1cnc2ccccc2c1.Oc1ccc2ccc3cccc4ccc1c2c34.Oc1ccc2ccc3cccc4ccc1c2c34. The topological polar surface area (TPSA) is 114 Å². The molecule has 11 aromatic rings. The van der Waals surface area contributed by atoms with Crippen molar-refractivity contribution in [1.82, 2.24) is 4.98 Å². The molecule has 1 heterocycles. The average molecular weight is 776 g/mol. The smallest absolute Gasteiger partial charge is 0.123 e. The molecule has 0 spiro atoms. The minimum absolute atomic E-state index is 0.357. The van der Waals surface area contributed by atoms with Crippen molar-refractivity contribution < 1.29 is 25.5 Å². The molecule has 0 bridgehead atoms. The molecule has 292 valence electrons. The van der Waals surface area contributed by atoms with Crippen LogP contribution >= 0.6 is 0 Å². The van der Waals surface area contributed by atoms with Crippen LogP contribution in [0.15, 0.2) is 170 Å². The van der Waals surface area contributed by atoms with Gasteiger partial charge >= 0.3 is 0 Å². The van der Waals surface area contributed by atoms with Crippen LogP contribution in [0.1, 0.15) is 55.8 Å². The second-order valence-electron chi connectivity index (χ2n) is 15.0. The number of fused-ring (bicyclic) bond motifs is 1. The Bertz CT molecular complexity index is 2970. The molecular weight excluding hydrogens is 731 g/mol. The van der Waals surface area contributed by atoms with Gasteiger partial charge in [-0.2, -0.15) is 0 Å². The highest BCUT2D eigenvalue weighted by atomic mass is 16.3. The molecule has 5 N–H and O–H groups in total. The van der Waals surface area contributed by atoms with Crippen LogP contribution in [0.2, 0.25) is 0 Å². The zero-order valence-corrected chi connectivity index (χ0v) is 33.1. The molecule has 6 nitrogen and oxygen atoms in total. The molecule has 3 unspecified atom stereocenters. The third-order valence-corrected chi connectivity index (χ3v) is 11.0. The second-order valence-corrected chi connectivity index (χ2v) is 15.0. The van der Waals surface area contributed by atoms with Gasteiger partial charge in [-0.05, 0) is 105 Å². The number of aromatic nitrogens is 1. The summed E-state index contributed by atoms with van der Waals surface area (Å²) in [6.07, 6.45) is 0.394. The molecule has 6 heteroatoms. The molecule has 1 aromatic heterocycles. The van der Waals surface area contributed by atoms with Gasteiger partial charge in [0, 0.05) is 33.1 Å². The van der Waals surface area contributed by atoms with Crippen LogP contribution in [-0.2, 0) is 0 Å². The number of phenols is 2. The van der Waals surface area contributed by atoms with Crippen molar-refractivity contribution in [3.8, 4) is 11.5 Å². The Hall–Kier alpha value is -6.83. The normalized spacial score (nSPS) is 12.8. The Morgan fingerprint density at radius 3 is 1.14 bits per heavy atom. The molecule has 0 aliphatic heterocycles. The van der Waals surface area contributed by atoms with Crippen LogP contribution < -0.4 is 0 Å². The Kier molecular flexibility index (Phi) is 11.0. The number of hydrogen-bond donors (Lipinski definition) is 5. The van der Waals surface area contributed by atoms with E-state index in [1.54, 1.807) is 39.1 Å². The highest BCUT2D eigenvalue weighted by Crippen LogP contribution is 2.39. The summed E-state index contributed by atoms with van der Waals surface area (Å²) >= 11 is 0. The van der Waals surface area contributed by atoms with E-state index >= 15 is 0 Å². The molecule has 11 rings (SSSR count). The molecule has 0 saturated heterocycles. The molecule has 0 aliphatic rings. The van der Waals surface area contributed by atoms with E-state index in [1.807, 2.05) is 78.9 Å². The zero-order valence-electron chi connectivity index (χ0n) is 33.1. The van der Waals surface area contributed by atoms with Crippen molar-refractivity contribution in [2.75, 3.05) is 0 Å². The van der Waals surface area contributed by atoms with Gasteiger partial charge in [-0.3, -0.25) is 4.98 Å². The number of aliphatic hydroxyl groups is 3. The fourth-order valence-corrected chi connectivity index (χ4v) is 7.81. The van der Waals surface area contributed by atoms with Crippen LogP contribution in [0.5, 0.6) is 11.5 Å². The number of rotatable bonds is 3. The number of para-hydroxylation sites is 1. The van der Waals surface area contributed by atoms with Crippen LogP contribution in [0.4, 0.5) is 0 Å². The van der Waals surface area contributed by atoms with Gasteiger partial charge in [0.25, 0.3) is 0 Å². The summed E-state index contributed by atoms with van der Waals surface area (Å²) in [7, 11) is 0. The minimum Gasteiger partial charge on any atom is -0.507 e. The monoisotopic (exact) mass is 775 g/mol. The third-order valence-electron chi connectivity index (χ3n) is 11.0. The number of benzene rings is 10. The van der Waals surface area contributed by atoms with Crippen LogP contribution in [0.3, 0.4) is 0 Å². The van der Waals surface area contributed by atoms with Crippen LogP contribution in [-0.4, -0.2) is 30.5 Å². The van der Waals surface area contributed by atoms with E-state index in [-0.39, 0.29) is 0 Å². The van der Waals surface area contributed by atoms with E-state index in [4.69, 9.17) is 0 Å². The third kappa shape index (κ3) is 7.90. The lowest BCUT2D eigenvalue weighted by molar-refractivity contribution is 0.195. The second kappa shape index (κ2) is 16.6. The lowest BCUT2D eigenvalue weighted by Crippen LogP contribution is -1.94. The number of aromatic hydroxyl groups is 2. The Morgan fingerprint density at radius 1 is 0.356 bits per heavy atom. The summed E-state index contributed by atoms with van der Waals surface area (Å²) in [6.45, 7) is 5.18. The van der Waals surface area contributed by atoms with E-state index in [1.165, 1.54) is 53.9 Å². The maximum absolute atomic E-state index is 9.95. The van der Waals surface area contributed by atoms with Gasteiger partial charge in [-0.25, -0.2) is 0 Å². The fourth-order valence-electron chi connectivity index (χ4n) is 7.81. The first kappa shape index (κ1) is 39.0. The predicted molar refractivity (Wildman–Crippen MR) is 244 cm³/mol. The summed E-state index contributed by atoms with van der Waals surface area (Å²) in [5.41, 5.74) is 3.57. The van der Waals surface area contributed by atoms with E-state index in [0.29, 0.717) is 11.5 Å². The van der Waals surface area contributed by atoms with Gasteiger partial charge in [0.2, 0.25) is 0 Å². The van der Waals surface area contributed by atoms with E-state index < -0.39 is 18.3 Å². The molecule has 3 atom stereocenters. The largest absolute Gasteiger partial charge is 0.507 e. The lowest BCUT2D eigenvalue weighted by atomic mass is 9.94. The first-order valence-corrected chi connectivity index (χ1v) is 19.8. The van der Waals surface area contributed by atoms with E-state index in [0.717, 1.165) is 38.4 Å². The van der Waals surface area contributed by atoms with Gasteiger partial charge in [-0.15, -0.1) is 0 Å².